The highest BCUT2D eigenvalue weighted by Gasteiger charge is 2.46. The summed E-state index contributed by atoms with van der Waals surface area (Å²) in [6.07, 6.45) is 3.71. The van der Waals surface area contributed by atoms with E-state index in [0.29, 0.717) is 24.1 Å². The first-order valence-corrected chi connectivity index (χ1v) is 12.5. The molecule has 1 aliphatic carbocycles. The van der Waals surface area contributed by atoms with Gasteiger partial charge in [0.2, 0.25) is 5.91 Å². The molecule has 4 atom stereocenters. The van der Waals surface area contributed by atoms with Gasteiger partial charge in [-0.3, -0.25) is 9.69 Å². The highest BCUT2D eigenvalue weighted by molar-refractivity contribution is 6.34. The first-order valence-electron chi connectivity index (χ1n) is 12.1. The number of anilines is 2. The molecule has 2 saturated heterocycles. The number of rotatable bonds is 5. The van der Waals surface area contributed by atoms with Crippen molar-refractivity contribution < 1.29 is 19.1 Å². The average molecular weight is 497 g/mol. The van der Waals surface area contributed by atoms with E-state index in [4.69, 9.17) is 20.8 Å². The number of amides is 1. The number of furan rings is 1. The highest BCUT2D eigenvalue weighted by atomic mass is 35.5. The van der Waals surface area contributed by atoms with Crippen molar-refractivity contribution in [3.63, 3.8) is 0 Å². The van der Waals surface area contributed by atoms with Crippen LogP contribution in [-0.4, -0.2) is 71.9 Å². The van der Waals surface area contributed by atoms with Crippen molar-refractivity contribution in [1.29, 1.82) is 0 Å². The second-order valence-electron chi connectivity index (χ2n) is 10.0. The number of nitrogens with zero attached hydrogens (tertiary/aromatic N) is 3. The maximum absolute atomic E-state index is 12.7. The molecule has 2 N–H and O–H groups in total. The zero-order valence-corrected chi connectivity index (χ0v) is 20.4. The van der Waals surface area contributed by atoms with E-state index in [2.05, 4.69) is 33.1 Å². The number of aliphatic hydroxyl groups excluding tert-OH is 1. The van der Waals surface area contributed by atoms with E-state index in [9.17, 15) is 9.90 Å². The number of nitrogens with one attached hydrogen (secondary N) is 1. The summed E-state index contributed by atoms with van der Waals surface area (Å²) in [5, 5.41) is 15.9. The monoisotopic (exact) mass is 496 g/mol. The third-order valence-electron chi connectivity index (χ3n) is 7.81. The topological polar surface area (TPSA) is 91.1 Å². The first-order chi connectivity index (χ1) is 16.9. The van der Waals surface area contributed by atoms with Crippen molar-refractivity contribution in [2.75, 3.05) is 49.6 Å². The molecule has 0 radical (unpaired) electrons. The molecule has 3 fully saturated rings. The second kappa shape index (κ2) is 8.78. The molecule has 35 heavy (non-hydrogen) atoms. The fraction of sp³-hybridized carbons (Fsp3) is 0.462. The molecule has 2 unspecified atom stereocenters. The number of hydrogen-bond acceptors (Lipinski definition) is 7. The number of carbonyl (C=O) groups excluding carboxylic acids is 1. The maximum Gasteiger partial charge on any atom is 0.229 e. The van der Waals surface area contributed by atoms with E-state index >= 15 is 0 Å². The maximum atomic E-state index is 12.7. The van der Waals surface area contributed by atoms with Gasteiger partial charge in [0, 0.05) is 49.6 Å². The van der Waals surface area contributed by atoms with Crippen LogP contribution >= 0.6 is 11.6 Å². The van der Waals surface area contributed by atoms with Gasteiger partial charge in [0.15, 0.2) is 0 Å². The summed E-state index contributed by atoms with van der Waals surface area (Å²) in [6.45, 7) is 6.27. The van der Waals surface area contributed by atoms with Crippen LogP contribution in [0.15, 0.2) is 47.2 Å². The Hall–Kier alpha value is -2.65. The predicted octanol–water partition coefficient (Wildman–Crippen LogP) is 3.50. The van der Waals surface area contributed by atoms with Crippen molar-refractivity contribution in [1.82, 2.24) is 9.88 Å². The molecule has 3 aliphatic rings. The van der Waals surface area contributed by atoms with Gasteiger partial charge in [0.1, 0.15) is 11.6 Å². The summed E-state index contributed by atoms with van der Waals surface area (Å²) in [5.41, 5.74) is 0.631. The Morgan fingerprint density at radius 3 is 2.77 bits per heavy atom. The Morgan fingerprint density at radius 2 is 2.06 bits per heavy atom. The van der Waals surface area contributed by atoms with Gasteiger partial charge in [-0.1, -0.05) is 11.6 Å². The zero-order valence-electron chi connectivity index (χ0n) is 19.6. The molecule has 1 aromatic carbocycles. The van der Waals surface area contributed by atoms with Gasteiger partial charge >= 0.3 is 0 Å². The van der Waals surface area contributed by atoms with Crippen LogP contribution in [0, 0.1) is 5.92 Å². The molecule has 3 aromatic rings. The number of aliphatic hydroxyl groups is 1. The lowest BCUT2D eigenvalue weighted by atomic mass is 9.95. The molecule has 8 nitrogen and oxygen atoms in total. The number of piperazine rings is 1. The molecule has 184 valence electrons. The summed E-state index contributed by atoms with van der Waals surface area (Å²) in [4.78, 5) is 21.7. The minimum Gasteiger partial charge on any atom is -0.469 e. The zero-order chi connectivity index (χ0) is 24.2. The van der Waals surface area contributed by atoms with Crippen molar-refractivity contribution >= 4 is 39.8 Å². The normalized spacial score (nSPS) is 29.0. The summed E-state index contributed by atoms with van der Waals surface area (Å²) < 4.78 is 11.0. The summed E-state index contributed by atoms with van der Waals surface area (Å²) >= 11 is 6.67. The summed E-state index contributed by atoms with van der Waals surface area (Å²) in [6, 6.07) is 9.68. The molecular weight excluding hydrogens is 468 g/mol. The molecule has 0 spiro atoms. The molecule has 6 rings (SSSR count). The summed E-state index contributed by atoms with van der Waals surface area (Å²) in [7, 11) is 0. The quantitative estimate of drug-likeness (QED) is 0.558. The Balaban J connectivity index is 1.15. The largest absolute Gasteiger partial charge is 0.469 e. The number of halogens is 1. The van der Waals surface area contributed by atoms with E-state index in [1.165, 1.54) is 0 Å². The number of ether oxygens (including phenoxy) is 1. The van der Waals surface area contributed by atoms with Crippen molar-refractivity contribution in [3.8, 4) is 0 Å². The van der Waals surface area contributed by atoms with Gasteiger partial charge in [-0.15, -0.1) is 0 Å². The molecular formula is C26H29ClN4O4. The first kappa shape index (κ1) is 22.8. The fourth-order valence-electron chi connectivity index (χ4n) is 5.40. The van der Waals surface area contributed by atoms with Crippen LogP contribution < -0.4 is 10.2 Å². The van der Waals surface area contributed by atoms with Gasteiger partial charge in [0.25, 0.3) is 0 Å². The Kier molecular flexibility index (Phi) is 5.72. The highest BCUT2D eigenvalue weighted by Crippen LogP contribution is 2.48. The second-order valence-corrected chi connectivity index (χ2v) is 10.4. The SMILES string of the molecule is C[C@@]1(N2CCN(c3cc4cc(NC(=O)C5CC5c5ccco5)ncc4cc3Cl)CC2)COC[C@@H]1O. The van der Waals surface area contributed by atoms with Crippen LogP contribution in [0.1, 0.15) is 25.0 Å². The lowest BCUT2D eigenvalue weighted by Gasteiger charge is -2.45. The van der Waals surface area contributed by atoms with Gasteiger partial charge in [-0.25, -0.2) is 4.98 Å². The lowest BCUT2D eigenvalue weighted by molar-refractivity contribution is -0.117. The lowest BCUT2D eigenvalue weighted by Crippen LogP contribution is -2.60. The van der Waals surface area contributed by atoms with Crippen LogP contribution in [0.25, 0.3) is 10.8 Å². The van der Waals surface area contributed by atoms with Crippen molar-refractivity contribution in [3.05, 3.63) is 53.6 Å². The molecule has 0 bridgehead atoms. The average Bonchev–Trinajstić information content (AvgIpc) is 3.32. The summed E-state index contributed by atoms with van der Waals surface area (Å²) in [5.74, 6) is 1.43. The van der Waals surface area contributed by atoms with E-state index in [-0.39, 0.29) is 23.3 Å². The predicted molar refractivity (Wildman–Crippen MR) is 134 cm³/mol. The molecule has 1 amide bonds. The number of benzene rings is 1. The molecule has 9 heteroatoms. The number of pyridine rings is 1. The van der Waals surface area contributed by atoms with Crippen molar-refractivity contribution in [2.24, 2.45) is 5.92 Å². The van der Waals surface area contributed by atoms with Gasteiger partial charge in [-0.2, -0.15) is 0 Å². The van der Waals surface area contributed by atoms with Crippen LogP contribution in [-0.2, 0) is 9.53 Å². The molecule has 2 aromatic heterocycles. The Labute approximate surface area is 208 Å². The van der Waals surface area contributed by atoms with Crippen LogP contribution in [0.2, 0.25) is 5.02 Å². The minimum absolute atomic E-state index is 0.0323. The van der Waals surface area contributed by atoms with Gasteiger partial charge < -0.3 is 24.5 Å². The third-order valence-corrected chi connectivity index (χ3v) is 8.11. The van der Waals surface area contributed by atoms with Gasteiger partial charge in [-0.05, 0) is 49.1 Å². The van der Waals surface area contributed by atoms with E-state index in [1.807, 2.05) is 24.3 Å². The van der Waals surface area contributed by atoms with E-state index in [0.717, 1.165) is 54.8 Å². The number of carbonyl (C=O) groups is 1. The number of hydrogen-bond donors (Lipinski definition) is 2. The van der Waals surface area contributed by atoms with Crippen LogP contribution in [0.3, 0.4) is 0 Å². The Bertz CT molecular complexity index is 1240. The van der Waals surface area contributed by atoms with Crippen LogP contribution in [0.5, 0.6) is 0 Å². The Morgan fingerprint density at radius 1 is 1.23 bits per heavy atom. The minimum atomic E-state index is -0.468. The number of fused-ring (bicyclic) bond motifs is 1. The van der Waals surface area contributed by atoms with Gasteiger partial charge in [0.05, 0.1) is 41.8 Å². The molecule has 4 heterocycles. The smallest absolute Gasteiger partial charge is 0.229 e. The van der Waals surface area contributed by atoms with Crippen molar-refractivity contribution in [2.45, 2.75) is 30.9 Å². The van der Waals surface area contributed by atoms with Crippen LogP contribution in [0.4, 0.5) is 11.5 Å². The number of aromatic nitrogens is 1. The standard InChI is InChI=1S/C26H29ClN4O4/c1-26(15-34-14-23(26)32)31-6-4-30(5-7-31)21-10-16-11-24(28-13-17(16)9-20(21)27)29-25(33)19-12-18(19)22-3-2-8-35-22/h2-3,8-11,13,18-19,23,32H,4-7,12,14-15H2,1H3,(H,28,29,33)/t18?,19?,23-,26+/m0/s1. The molecule has 1 saturated carbocycles. The van der Waals surface area contributed by atoms with E-state index < -0.39 is 6.10 Å². The molecule has 2 aliphatic heterocycles. The van der Waals surface area contributed by atoms with E-state index in [1.54, 1.807) is 12.5 Å². The fourth-order valence-corrected chi connectivity index (χ4v) is 5.69. The third kappa shape index (κ3) is 4.18.